The van der Waals surface area contributed by atoms with E-state index < -0.39 is 12.1 Å². The van der Waals surface area contributed by atoms with Crippen molar-refractivity contribution in [3.05, 3.63) is 39.1 Å². The van der Waals surface area contributed by atoms with Gasteiger partial charge in [-0.15, -0.1) is 0 Å². The molecule has 0 amide bonds. The number of esters is 1. The number of hydrogen-bond donors (Lipinski definition) is 1. The molecule has 5 heteroatoms. The normalized spacial score (nSPS) is 12.4. The second kappa shape index (κ2) is 5.19. The Bertz CT molecular complexity index is 612. The smallest absolute Gasteiger partial charge is 0.339 e. The fraction of sp³-hybridized carbons (Fsp3) is 0.231. The molecule has 0 saturated heterocycles. The average Bonchev–Trinajstić information content (AvgIpc) is 2.37. The average molecular weight is 357 g/mol. The van der Waals surface area contributed by atoms with Gasteiger partial charge >= 0.3 is 5.97 Å². The summed E-state index contributed by atoms with van der Waals surface area (Å²) in [6, 6.07) is 7.62. The minimum Gasteiger partial charge on any atom is -0.467 e. The molecule has 0 aliphatic heterocycles. The van der Waals surface area contributed by atoms with E-state index in [9.17, 15) is 9.90 Å². The highest BCUT2D eigenvalue weighted by molar-refractivity contribution is 14.1. The molecule has 0 fully saturated rings. The Balaban J connectivity index is 2.67. The third-order valence-electron chi connectivity index (χ3n) is 2.75. The summed E-state index contributed by atoms with van der Waals surface area (Å²) in [5, 5.41) is 10.9. The van der Waals surface area contributed by atoms with E-state index in [0.717, 1.165) is 14.5 Å². The zero-order valence-electron chi connectivity index (χ0n) is 9.98. The molecule has 0 saturated carbocycles. The van der Waals surface area contributed by atoms with Crippen LogP contribution in [0.2, 0.25) is 0 Å². The van der Waals surface area contributed by atoms with Crippen molar-refractivity contribution in [1.29, 1.82) is 0 Å². The standard InChI is InChI=1S/C13H12INO3/c1-7-10(12(16)13(17)18-2)11(14)8-5-3-4-6-9(8)15-7/h3-6,12,16H,1-2H3/t12-/m0/s1. The monoisotopic (exact) mass is 357 g/mol. The highest BCUT2D eigenvalue weighted by Crippen LogP contribution is 2.29. The summed E-state index contributed by atoms with van der Waals surface area (Å²) in [5.41, 5.74) is 2.00. The maximum Gasteiger partial charge on any atom is 0.339 e. The van der Waals surface area contributed by atoms with Crippen molar-refractivity contribution in [3.63, 3.8) is 0 Å². The molecular weight excluding hydrogens is 345 g/mol. The highest BCUT2D eigenvalue weighted by atomic mass is 127. The molecule has 2 rings (SSSR count). The number of ether oxygens (including phenoxy) is 1. The Hall–Kier alpha value is -1.21. The summed E-state index contributed by atoms with van der Waals surface area (Å²) >= 11 is 2.12. The maximum absolute atomic E-state index is 11.4. The number of carbonyl (C=O) groups is 1. The fourth-order valence-electron chi connectivity index (χ4n) is 1.85. The van der Waals surface area contributed by atoms with Crippen molar-refractivity contribution >= 4 is 39.5 Å². The summed E-state index contributed by atoms with van der Waals surface area (Å²) in [6.45, 7) is 1.77. The lowest BCUT2D eigenvalue weighted by molar-refractivity contribution is -0.150. The van der Waals surface area contributed by atoms with E-state index in [4.69, 9.17) is 0 Å². The number of aromatic nitrogens is 1. The van der Waals surface area contributed by atoms with Crippen molar-refractivity contribution in [1.82, 2.24) is 4.98 Å². The Morgan fingerprint density at radius 3 is 2.78 bits per heavy atom. The zero-order chi connectivity index (χ0) is 13.3. The quantitative estimate of drug-likeness (QED) is 0.662. The molecule has 94 valence electrons. The number of fused-ring (bicyclic) bond motifs is 1. The number of halogens is 1. The van der Waals surface area contributed by atoms with Crippen LogP contribution < -0.4 is 0 Å². The summed E-state index contributed by atoms with van der Waals surface area (Å²) in [6.07, 6.45) is -1.29. The number of rotatable bonds is 2. The molecule has 1 aromatic carbocycles. The number of para-hydroxylation sites is 1. The molecule has 18 heavy (non-hydrogen) atoms. The van der Waals surface area contributed by atoms with Crippen LogP contribution >= 0.6 is 22.6 Å². The molecule has 0 unspecified atom stereocenters. The summed E-state index contributed by atoms with van der Waals surface area (Å²) < 4.78 is 5.40. The first-order valence-corrected chi connectivity index (χ1v) is 6.44. The number of aliphatic hydroxyl groups excluding tert-OH is 1. The summed E-state index contributed by atoms with van der Waals surface area (Å²) in [5.74, 6) is -0.673. The van der Waals surface area contributed by atoms with E-state index in [-0.39, 0.29) is 0 Å². The first-order valence-electron chi connectivity index (χ1n) is 5.37. The molecule has 0 spiro atoms. The Morgan fingerprint density at radius 2 is 2.11 bits per heavy atom. The van der Waals surface area contributed by atoms with Crippen molar-refractivity contribution in [2.24, 2.45) is 0 Å². The van der Waals surface area contributed by atoms with E-state index in [1.54, 1.807) is 6.92 Å². The van der Waals surface area contributed by atoms with Crippen LogP contribution in [0, 0.1) is 10.5 Å². The van der Waals surface area contributed by atoms with Gasteiger partial charge in [0.05, 0.1) is 12.6 Å². The molecule has 1 aromatic heterocycles. The lowest BCUT2D eigenvalue weighted by atomic mass is 10.0. The van der Waals surface area contributed by atoms with Crippen LogP contribution in [0.3, 0.4) is 0 Å². The minimum atomic E-state index is -1.29. The van der Waals surface area contributed by atoms with E-state index >= 15 is 0 Å². The van der Waals surface area contributed by atoms with Gasteiger partial charge < -0.3 is 9.84 Å². The molecule has 0 bridgehead atoms. The van der Waals surface area contributed by atoms with Crippen LogP contribution in [0.5, 0.6) is 0 Å². The van der Waals surface area contributed by atoms with Crippen molar-refractivity contribution < 1.29 is 14.6 Å². The van der Waals surface area contributed by atoms with E-state index in [1.165, 1.54) is 7.11 Å². The molecule has 0 radical (unpaired) electrons. The van der Waals surface area contributed by atoms with Crippen LogP contribution in [0.25, 0.3) is 10.9 Å². The molecule has 2 aromatic rings. The van der Waals surface area contributed by atoms with Crippen LogP contribution in [-0.4, -0.2) is 23.2 Å². The van der Waals surface area contributed by atoms with Gasteiger partial charge in [-0.1, -0.05) is 18.2 Å². The number of carbonyl (C=O) groups excluding carboxylic acids is 1. The van der Waals surface area contributed by atoms with Gasteiger partial charge in [-0.25, -0.2) is 4.79 Å². The number of aliphatic hydroxyl groups is 1. The van der Waals surface area contributed by atoms with Crippen LogP contribution in [0.1, 0.15) is 17.4 Å². The minimum absolute atomic E-state index is 0.515. The highest BCUT2D eigenvalue weighted by Gasteiger charge is 2.24. The number of nitrogens with zero attached hydrogens (tertiary/aromatic N) is 1. The maximum atomic E-state index is 11.4. The first kappa shape index (κ1) is 13.2. The van der Waals surface area contributed by atoms with Crippen LogP contribution in [0.15, 0.2) is 24.3 Å². The van der Waals surface area contributed by atoms with Gasteiger partial charge in [-0.2, -0.15) is 0 Å². The topological polar surface area (TPSA) is 59.4 Å². The second-order valence-corrected chi connectivity index (χ2v) is 4.95. The van der Waals surface area contributed by atoms with E-state index in [1.807, 2.05) is 24.3 Å². The van der Waals surface area contributed by atoms with Gasteiger partial charge in [0.25, 0.3) is 0 Å². The number of methoxy groups -OCH3 is 1. The van der Waals surface area contributed by atoms with Crippen molar-refractivity contribution in [3.8, 4) is 0 Å². The third-order valence-corrected chi connectivity index (χ3v) is 3.92. The van der Waals surface area contributed by atoms with Crippen LogP contribution in [0.4, 0.5) is 0 Å². The predicted octanol–water partition coefficient (Wildman–Crippen LogP) is 2.35. The fourth-order valence-corrected chi connectivity index (χ4v) is 2.99. The van der Waals surface area contributed by atoms with Crippen molar-refractivity contribution in [2.75, 3.05) is 7.11 Å². The van der Waals surface area contributed by atoms with Crippen LogP contribution in [-0.2, 0) is 9.53 Å². The van der Waals surface area contributed by atoms with Gasteiger partial charge in [0, 0.05) is 20.2 Å². The Labute approximate surface area is 118 Å². The second-order valence-electron chi connectivity index (χ2n) is 3.87. The number of aryl methyl sites for hydroxylation is 1. The van der Waals surface area contributed by atoms with Gasteiger partial charge in [-0.3, -0.25) is 4.98 Å². The third kappa shape index (κ3) is 2.20. The Morgan fingerprint density at radius 1 is 1.44 bits per heavy atom. The number of hydrogen-bond acceptors (Lipinski definition) is 4. The van der Waals surface area contributed by atoms with Gasteiger partial charge in [0.2, 0.25) is 0 Å². The zero-order valence-corrected chi connectivity index (χ0v) is 12.1. The van der Waals surface area contributed by atoms with Gasteiger partial charge in [0.1, 0.15) is 0 Å². The molecule has 0 aliphatic carbocycles. The van der Waals surface area contributed by atoms with E-state index in [0.29, 0.717) is 11.3 Å². The first-order chi connectivity index (χ1) is 8.56. The lowest BCUT2D eigenvalue weighted by Crippen LogP contribution is -2.16. The molecular formula is C13H12INO3. The lowest BCUT2D eigenvalue weighted by Gasteiger charge is -2.15. The van der Waals surface area contributed by atoms with E-state index in [2.05, 4.69) is 32.3 Å². The molecule has 1 heterocycles. The summed E-state index contributed by atoms with van der Waals surface area (Å²) in [4.78, 5) is 15.9. The molecule has 1 N–H and O–H groups in total. The predicted molar refractivity (Wildman–Crippen MR) is 76.2 cm³/mol. The van der Waals surface area contributed by atoms with Crippen molar-refractivity contribution in [2.45, 2.75) is 13.0 Å². The summed E-state index contributed by atoms with van der Waals surface area (Å²) in [7, 11) is 1.25. The number of benzene rings is 1. The Kier molecular flexibility index (Phi) is 3.82. The number of pyridine rings is 1. The molecule has 1 atom stereocenters. The van der Waals surface area contributed by atoms with Gasteiger partial charge in [-0.05, 0) is 35.6 Å². The van der Waals surface area contributed by atoms with Gasteiger partial charge in [0.15, 0.2) is 6.10 Å². The largest absolute Gasteiger partial charge is 0.467 e. The SMILES string of the molecule is COC(=O)[C@@H](O)c1c(C)nc2ccccc2c1I. The molecule has 0 aliphatic rings. The molecule has 4 nitrogen and oxygen atoms in total.